The maximum atomic E-state index is 13.1. The third kappa shape index (κ3) is 4.18. The first-order valence-electron chi connectivity index (χ1n) is 18.2. The summed E-state index contributed by atoms with van der Waals surface area (Å²) in [5.74, 6) is 1.50. The van der Waals surface area contributed by atoms with E-state index >= 15 is 0 Å². The highest BCUT2D eigenvalue weighted by atomic mass is 16.5. The fourth-order valence-electron chi connectivity index (χ4n) is 13.5. The largest absolute Gasteiger partial charge is 0.458 e. The maximum absolute atomic E-state index is 13.1. The van der Waals surface area contributed by atoms with Crippen LogP contribution in [-0.2, 0) is 14.3 Å². The molecule has 0 radical (unpaired) electrons. The van der Waals surface area contributed by atoms with Crippen molar-refractivity contribution >= 4 is 11.9 Å². The van der Waals surface area contributed by atoms with Crippen LogP contribution in [0.4, 0.5) is 0 Å². The molecule has 1 aliphatic heterocycles. The van der Waals surface area contributed by atoms with Gasteiger partial charge in [0, 0.05) is 42.2 Å². The predicted octanol–water partition coefficient (Wildman–Crippen LogP) is 7.07. The average molecular weight is 635 g/mol. The molecule has 0 aromatic carbocycles. The van der Waals surface area contributed by atoms with Crippen molar-refractivity contribution in [1.82, 2.24) is 9.88 Å². The van der Waals surface area contributed by atoms with Gasteiger partial charge >= 0.3 is 5.97 Å². The summed E-state index contributed by atoms with van der Waals surface area (Å²) in [6.07, 6.45) is 11.1. The Morgan fingerprint density at radius 2 is 1.76 bits per heavy atom. The van der Waals surface area contributed by atoms with Gasteiger partial charge in [0.1, 0.15) is 6.10 Å². The molecule has 7 heteroatoms. The van der Waals surface area contributed by atoms with Crippen LogP contribution in [0.15, 0.2) is 24.5 Å². The van der Waals surface area contributed by atoms with Crippen molar-refractivity contribution in [2.24, 2.45) is 50.7 Å². The normalized spacial score (nSPS) is 46.9. The van der Waals surface area contributed by atoms with E-state index in [0.717, 1.165) is 38.5 Å². The molecule has 2 heterocycles. The number of esters is 1. The standard InChI is InChI=1S/C39H58N2O5/c1-23-19-26(21-41(24(2)42)34(3,4)5)45-31-30(23)36(8)16-17-39-22-38(39)15-14-29(46-33(44)25-11-10-18-40-20-25)35(6,7)27(38)12-13-28(39)37(36,9)32(31)43/h10-11,18,20,23,26-32,43H,12-17,19,21-22H2,1-9H3/t23-,26?,27+,28?,29?,30+,31?,32+,36-,37-,38-,39+/m1/s1. The van der Waals surface area contributed by atoms with Gasteiger partial charge in [0.2, 0.25) is 5.91 Å². The SMILES string of the molecule is CC(=O)N(CC1C[C@@H](C)[C@H]2C(O1)[C@H](O)[C@@]1(C)C3CC[C@H]4C(C)(C)C(OC(=O)c5cccnc5)CC[C@@]45C[C@@]35CC[C@]21C)C(C)(C)C. The maximum Gasteiger partial charge on any atom is 0.339 e. The predicted molar refractivity (Wildman–Crippen MR) is 177 cm³/mol. The van der Waals surface area contributed by atoms with Gasteiger partial charge in [-0.1, -0.05) is 34.6 Å². The van der Waals surface area contributed by atoms with Gasteiger partial charge in [-0.15, -0.1) is 0 Å². The molecule has 12 atom stereocenters. The number of ether oxygens (including phenoxy) is 2. The van der Waals surface area contributed by atoms with Crippen molar-refractivity contribution in [2.75, 3.05) is 6.54 Å². The lowest BCUT2D eigenvalue weighted by atomic mass is 9.41. The van der Waals surface area contributed by atoms with E-state index in [0.29, 0.717) is 35.8 Å². The Labute approximate surface area is 276 Å². The molecule has 1 N–H and O–H groups in total. The fraction of sp³-hybridized carbons (Fsp3) is 0.821. The molecule has 7 rings (SSSR count). The summed E-state index contributed by atoms with van der Waals surface area (Å²) in [5.41, 5.74) is 0.417. The van der Waals surface area contributed by atoms with Gasteiger partial charge < -0.3 is 19.5 Å². The van der Waals surface area contributed by atoms with Crippen molar-refractivity contribution in [3.63, 3.8) is 0 Å². The highest BCUT2D eigenvalue weighted by Gasteiger charge is 2.84. The molecule has 0 bridgehead atoms. The number of hydrogen-bond donors (Lipinski definition) is 1. The zero-order valence-corrected chi connectivity index (χ0v) is 29.8. The van der Waals surface area contributed by atoms with Crippen LogP contribution in [0.25, 0.3) is 0 Å². The van der Waals surface area contributed by atoms with E-state index in [1.807, 2.05) is 4.90 Å². The van der Waals surface area contributed by atoms with Crippen molar-refractivity contribution in [3.05, 3.63) is 30.1 Å². The molecule has 5 aliphatic carbocycles. The van der Waals surface area contributed by atoms with Gasteiger partial charge in [-0.05, 0) is 124 Å². The number of fused-ring (bicyclic) bond motifs is 4. The minimum Gasteiger partial charge on any atom is -0.458 e. The number of carbonyl (C=O) groups excluding carboxylic acids is 2. The topological polar surface area (TPSA) is 89.0 Å². The molecule has 254 valence electrons. The summed E-state index contributed by atoms with van der Waals surface area (Å²) in [6.45, 7) is 20.5. The number of pyridine rings is 1. The Bertz CT molecular complexity index is 1390. The smallest absolute Gasteiger partial charge is 0.339 e. The molecule has 6 fully saturated rings. The molecule has 1 aromatic heterocycles. The van der Waals surface area contributed by atoms with Gasteiger partial charge in [-0.3, -0.25) is 9.78 Å². The summed E-state index contributed by atoms with van der Waals surface area (Å²) >= 11 is 0. The highest BCUT2D eigenvalue weighted by molar-refractivity contribution is 5.89. The van der Waals surface area contributed by atoms with E-state index in [2.05, 4.69) is 60.4 Å². The first-order chi connectivity index (χ1) is 21.4. The monoisotopic (exact) mass is 634 g/mol. The van der Waals surface area contributed by atoms with Crippen molar-refractivity contribution in [1.29, 1.82) is 0 Å². The number of aromatic nitrogens is 1. The van der Waals surface area contributed by atoms with Crippen molar-refractivity contribution in [3.8, 4) is 0 Å². The van der Waals surface area contributed by atoms with Crippen LogP contribution >= 0.6 is 0 Å². The van der Waals surface area contributed by atoms with E-state index in [-0.39, 0.29) is 62.8 Å². The molecule has 5 saturated carbocycles. The van der Waals surface area contributed by atoms with Gasteiger partial charge in [0.05, 0.1) is 23.9 Å². The number of amides is 1. The Hall–Kier alpha value is -1.99. The number of carbonyl (C=O) groups is 2. The Morgan fingerprint density at radius 3 is 2.41 bits per heavy atom. The molecule has 6 aliphatic rings. The summed E-state index contributed by atoms with van der Waals surface area (Å²) in [4.78, 5) is 31.8. The molecule has 46 heavy (non-hydrogen) atoms. The fourth-order valence-corrected chi connectivity index (χ4v) is 13.5. The summed E-state index contributed by atoms with van der Waals surface area (Å²) in [6, 6.07) is 3.57. The number of aliphatic hydroxyl groups is 1. The lowest BCUT2D eigenvalue weighted by molar-refractivity contribution is -0.183. The third-order valence-electron chi connectivity index (χ3n) is 15.5. The quantitative estimate of drug-likeness (QED) is 0.357. The lowest BCUT2D eigenvalue weighted by Crippen LogP contribution is -2.60. The average Bonchev–Trinajstić information content (AvgIpc) is 3.61. The molecular weight excluding hydrogens is 576 g/mol. The van der Waals surface area contributed by atoms with E-state index in [9.17, 15) is 14.7 Å². The van der Waals surface area contributed by atoms with Crippen LogP contribution in [0.3, 0.4) is 0 Å². The minimum absolute atomic E-state index is 0.00423. The second kappa shape index (κ2) is 10.3. The van der Waals surface area contributed by atoms with Crippen LogP contribution < -0.4 is 0 Å². The first-order valence-corrected chi connectivity index (χ1v) is 18.2. The van der Waals surface area contributed by atoms with Gasteiger partial charge in [-0.2, -0.15) is 0 Å². The zero-order chi connectivity index (χ0) is 33.2. The third-order valence-corrected chi connectivity index (χ3v) is 15.5. The summed E-state index contributed by atoms with van der Waals surface area (Å²) < 4.78 is 13.2. The van der Waals surface area contributed by atoms with Crippen molar-refractivity contribution in [2.45, 2.75) is 144 Å². The number of aliphatic hydroxyl groups excluding tert-OH is 1. The second-order valence-corrected chi connectivity index (χ2v) is 18.6. The molecule has 2 spiro atoms. The van der Waals surface area contributed by atoms with Crippen molar-refractivity contribution < 1.29 is 24.2 Å². The van der Waals surface area contributed by atoms with E-state index < -0.39 is 6.10 Å². The second-order valence-electron chi connectivity index (χ2n) is 18.6. The van der Waals surface area contributed by atoms with Gasteiger partial charge in [0.15, 0.2) is 0 Å². The van der Waals surface area contributed by atoms with Crippen LogP contribution in [0.5, 0.6) is 0 Å². The lowest BCUT2D eigenvalue weighted by Gasteiger charge is -2.63. The number of nitrogens with zero attached hydrogens (tertiary/aromatic N) is 2. The Kier molecular flexibility index (Phi) is 7.26. The Morgan fingerprint density at radius 1 is 1.07 bits per heavy atom. The number of hydrogen-bond acceptors (Lipinski definition) is 6. The first kappa shape index (κ1) is 32.6. The van der Waals surface area contributed by atoms with Crippen LogP contribution in [0.1, 0.15) is 124 Å². The van der Waals surface area contributed by atoms with E-state index in [4.69, 9.17) is 9.47 Å². The zero-order valence-electron chi connectivity index (χ0n) is 29.8. The van der Waals surface area contributed by atoms with Gasteiger partial charge in [-0.25, -0.2) is 4.79 Å². The minimum atomic E-state index is -0.519. The van der Waals surface area contributed by atoms with Crippen LogP contribution in [0.2, 0.25) is 0 Å². The van der Waals surface area contributed by atoms with Crippen LogP contribution in [0, 0.1) is 50.7 Å². The molecule has 1 amide bonds. The molecule has 1 saturated heterocycles. The number of rotatable bonds is 4. The Balaban J connectivity index is 1.14. The molecule has 1 aromatic rings. The molecule has 7 nitrogen and oxygen atoms in total. The molecular formula is C39H58N2O5. The summed E-state index contributed by atoms with van der Waals surface area (Å²) in [7, 11) is 0. The van der Waals surface area contributed by atoms with Crippen LogP contribution in [-0.4, -0.2) is 63.4 Å². The van der Waals surface area contributed by atoms with E-state index in [1.54, 1.807) is 31.5 Å². The molecule has 4 unspecified atom stereocenters. The summed E-state index contributed by atoms with van der Waals surface area (Å²) in [5, 5.41) is 12.5. The van der Waals surface area contributed by atoms with Gasteiger partial charge in [0.25, 0.3) is 0 Å². The highest BCUT2D eigenvalue weighted by Crippen LogP contribution is 2.89. The van der Waals surface area contributed by atoms with E-state index in [1.165, 1.54) is 12.8 Å².